The summed E-state index contributed by atoms with van der Waals surface area (Å²) < 4.78 is 0. The molecule has 3 amide bonds. The molecule has 0 saturated carbocycles. The van der Waals surface area contributed by atoms with Gasteiger partial charge in [-0.15, -0.1) is 0 Å². The molecule has 3 N–H and O–H groups in total. The molecule has 0 heterocycles. The molecule has 1 aromatic rings. The first-order chi connectivity index (χ1) is 11.8. The van der Waals surface area contributed by atoms with Crippen molar-refractivity contribution in [2.45, 2.75) is 40.2 Å². The molecule has 1 rings (SSSR count). The second-order valence-electron chi connectivity index (χ2n) is 5.99. The molecule has 0 aliphatic carbocycles. The van der Waals surface area contributed by atoms with Gasteiger partial charge in [0.15, 0.2) is 0 Å². The molecule has 0 spiro atoms. The van der Waals surface area contributed by atoms with E-state index in [9.17, 15) is 14.4 Å². The lowest BCUT2D eigenvalue weighted by Gasteiger charge is -2.20. The van der Waals surface area contributed by atoms with E-state index in [-0.39, 0.29) is 36.9 Å². The molecule has 0 aliphatic rings. The first-order valence-electron chi connectivity index (χ1n) is 8.53. The van der Waals surface area contributed by atoms with Gasteiger partial charge in [-0.25, -0.2) is 0 Å². The van der Waals surface area contributed by atoms with E-state index in [1.165, 1.54) is 6.92 Å². The molecule has 7 nitrogen and oxygen atoms in total. The summed E-state index contributed by atoms with van der Waals surface area (Å²) in [5.74, 6) is -0.417. The maximum atomic E-state index is 12.2. The van der Waals surface area contributed by atoms with Crippen LogP contribution in [0.15, 0.2) is 24.3 Å². The van der Waals surface area contributed by atoms with Gasteiger partial charge in [-0.05, 0) is 44.2 Å². The summed E-state index contributed by atoms with van der Waals surface area (Å²) in [6.45, 7) is 8.23. The third kappa shape index (κ3) is 8.30. The average Bonchev–Trinajstić information content (AvgIpc) is 2.55. The molecule has 0 aliphatic heterocycles. The molecule has 25 heavy (non-hydrogen) atoms. The van der Waals surface area contributed by atoms with Crippen LogP contribution in [0.3, 0.4) is 0 Å². The van der Waals surface area contributed by atoms with Crippen molar-refractivity contribution in [1.29, 1.82) is 0 Å². The number of rotatable bonds is 9. The van der Waals surface area contributed by atoms with Gasteiger partial charge in [0.1, 0.15) is 0 Å². The third-order valence-electron chi connectivity index (χ3n) is 3.69. The molecule has 138 valence electrons. The standard InChI is InChI=1S/C18H28N4O3/c1-5-13(3)19-17(24)11-22(6-2)12-18(25)21-16-9-7-15(8-10-16)20-14(4)23/h7-10,13H,5-6,11-12H2,1-4H3,(H,19,24)(H,20,23)(H,21,25)/t13-/m1/s1. The SMILES string of the molecule is CC[C@@H](C)NC(=O)CN(CC)CC(=O)Nc1ccc(NC(C)=O)cc1. The number of benzene rings is 1. The number of carbonyl (C=O) groups excluding carboxylic acids is 3. The second-order valence-corrected chi connectivity index (χ2v) is 5.99. The molecule has 1 aromatic carbocycles. The third-order valence-corrected chi connectivity index (χ3v) is 3.69. The van der Waals surface area contributed by atoms with Gasteiger partial charge in [-0.2, -0.15) is 0 Å². The number of nitrogens with zero attached hydrogens (tertiary/aromatic N) is 1. The van der Waals surface area contributed by atoms with Crippen molar-refractivity contribution < 1.29 is 14.4 Å². The number of hydrogen-bond acceptors (Lipinski definition) is 4. The highest BCUT2D eigenvalue weighted by molar-refractivity contribution is 5.93. The molecule has 0 saturated heterocycles. The van der Waals surface area contributed by atoms with Crippen molar-refractivity contribution in [3.05, 3.63) is 24.3 Å². The second kappa shape index (κ2) is 10.5. The number of carbonyl (C=O) groups is 3. The van der Waals surface area contributed by atoms with Crippen LogP contribution < -0.4 is 16.0 Å². The highest BCUT2D eigenvalue weighted by Gasteiger charge is 2.14. The number of anilines is 2. The first-order valence-corrected chi connectivity index (χ1v) is 8.53. The lowest BCUT2D eigenvalue weighted by molar-refractivity contribution is -0.124. The van der Waals surface area contributed by atoms with Crippen molar-refractivity contribution in [1.82, 2.24) is 10.2 Å². The lowest BCUT2D eigenvalue weighted by atomic mass is 10.2. The maximum Gasteiger partial charge on any atom is 0.238 e. The van der Waals surface area contributed by atoms with E-state index in [4.69, 9.17) is 0 Å². The summed E-state index contributed by atoms with van der Waals surface area (Å²) in [4.78, 5) is 36.8. The fourth-order valence-electron chi connectivity index (χ4n) is 2.15. The van der Waals surface area contributed by atoms with Crippen LogP contribution in [-0.4, -0.2) is 48.3 Å². The van der Waals surface area contributed by atoms with Gasteiger partial charge in [-0.1, -0.05) is 13.8 Å². The van der Waals surface area contributed by atoms with Crippen molar-refractivity contribution in [3.63, 3.8) is 0 Å². The van der Waals surface area contributed by atoms with Crippen molar-refractivity contribution in [2.75, 3.05) is 30.3 Å². The molecule has 0 radical (unpaired) electrons. The van der Waals surface area contributed by atoms with Gasteiger partial charge in [0.2, 0.25) is 17.7 Å². The zero-order valence-electron chi connectivity index (χ0n) is 15.4. The summed E-state index contributed by atoms with van der Waals surface area (Å²) >= 11 is 0. The number of nitrogens with one attached hydrogen (secondary N) is 3. The van der Waals surface area contributed by atoms with E-state index < -0.39 is 0 Å². The van der Waals surface area contributed by atoms with Gasteiger partial charge in [0, 0.05) is 24.3 Å². The Morgan fingerprint density at radius 2 is 1.48 bits per heavy atom. The Morgan fingerprint density at radius 3 is 1.96 bits per heavy atom. The fraction of sp³-hybridized carbons (Fsp3) is 0.500. The highest BCUT2D eigenvalue weighted by Crippen LogP contribution is 2.13. The highest BCUT2D eigenvalue weighted by atomic mass is 16.2. The summed E-state index contributed by atoms with van der Waals surface area (Å²) in [5.41, 5.74) is 1.31. The molecule has 0 fully saturated rings. The van der Waals surface area contributed by atoms with Crippen LogP contribution >= 0.6 is 0 Å². The number of amides is 3. The van der Waals surface area contributed by atoms with Crippen LogP contribution in [0.4, 0.5) is 11.4 Å². The number of hydrogen-bond donors (Lipinski definition) is 3. The van der Waals surface area contributed by atoms with Crippen molar-refractivity contribution >= 4 is 29.1 Å². The molecule has 0 aromatic heterocycles. The van der Waals surface area contributed by atoms with Crippen LogP contribution in [0, 0.1) is 0 Å². The van der Waals surface area contributed by atoms with Crippen LogP contribution in [0.1, 0.15) is 34.1 Å². The summed E-state index contributed by atoms with van der Waals surface area (Å²) in [5, 5.41) is 8.34. The largest absolute Gasteiger partial charge is 0.353 e. The Morgan fingerprint density at radius 1 is 0.960 bits per heavy atom. The predicted molar refractivity (Wildman–Crippen MR) is 99.4 cm³/mol. The summed E-state index contributed by atoms with van der Waals surface area (Å²) in [6.07, 6.45) is 0.868. The Hall–Kier alpha value is -2.41. The minimum Gasteiger partial charge on any atom is -0.353 e. The minimum absolute atomic E-state index is 0.0799. The van der Waals surface area contributed by atoms with Crippen LogP contribution in [0.5, 0.6) is 0 Å². The van der Waals surface area contributed by atoms with Crippen LogP contribution in [-0.2, 0) is 14.4 Å². The van der Waals surface area contributed by atoms with Crippen molar-refractivity contribution in [2.24, 2.45) is 0 Å². The van der Waals surface area contributed by atoms with Crippen LogP contribution in [0.2, 0.25) is 0 Å². The maximum absolute atomic E-state index is 12.2. The smallest absolute Gasteiger partial charge is 0.238 e. The predicted octanol–water partition coefficient (Wildman–Crippen LogP) is 1.82. The monoisotopic (exact) mass is 348 g/mol. The van der Waals surface area contributed by atoms with E-state index in [2.05, 4.69) is 16.0 Å². The Balaban J connectivity index is 2.50. The van der Waals surface area contributed by atoms with E-state index >= 15 is 0 Å². The van der Waals surface area contributed by atoms with E-state index in [0.29, 0.717) is 17.9 Å². The topological polar surface area (TPSA) is 90.5 Å². The molecular weight excluding hydrogens is 320 g/mol. The zero-order valence-corrected chi connectivity index (χ0v) is 15.4. The minimum atomic E-state index is -0.189. The van der Waals surface area contributed by atoms with Gasteiger partial charge >= 0.3 is 0 Å². The van der Waals surface area contributed by atoms with Gasteiger partial charge in [-0.3, -0.25) is 19.3 Å². The average molecular weight is 348 g/mol. The zero-order chi connectivity index (χ0) is 18.8. The van der Waals surface area contributed by atoms with E-state index in [0.717, 1.165) is 6.42 Å². The van der Waals surface area contributed by atoms with Crippen LogP contribution in [0.25, 0.3) is 0 Å². The Labute approximate surface area is 149 Å². The Kier molecular flexibility index (Phi) is 8.63. The number of likely N-dealkylation sites (N-methyl/N-ethyl adjacent to an activating group) is 1. The molecule has 0 unspecified atom stereocenters. The van der Waals surface area contributed by atoms with E-state index in [1.54, 1.807) is 29.2 Å². The molecule has 7 heteroatoms. The summed E-state index contributed by atoms with van der Waals surface area (Å²) in [7, 11) is 0. The molecule has 1 atom stereocenters. The van der Waals surface area contributed by atoms with Crippen molar-refractivity contribution in [3.8, 4) is 0 Å². The molecule has 0 bridgehead atoms. The van der Waals surface area contributed by atoms with Gasteiger partial charge in [0.05, 0.1) is 13.1 Å². The van der Waals surface area contributed by atoms with Gasteiger partial charge in [0.25, 0.3) is 0 Å². The summed E-state index contributed by atoms with van der Waals surface area (Å²) in [6, 6.07) is 6.99. The fourth-order valence-corrected chi connectivity index (χ4v) is 2.15. The quantitative estimate of drug-likeness (QED) is 0.635. The first kappa shape index (κ1) is 20.6. The Bertz CT molecular complexity index is 586. The van der Waals surface area contributed by atoms with E-state index in [1.807, 2.05) is 20.8 Å². The normalized spacial score (nSPS) is 11.7. The lowest BCUT2D eigenvalue weighted by Crippen LogP contribution is -2.43. The van der Waals surface area contributed by atoms with Gasteiger partial charge < -0.3 is 16.0 Å². The molecular formula is C18H28N4O3.